The molecule has 7 heteroatoms. The molecule has 18 heavy (non-hydrogen) atoms. The summed E-state index contributed by atoms with van der Waals surface area (Å²) in [5, 5.41) is 20.4. The van der Waals surface area contributed by atoms with E-state index in [-0.39, 0.29) is 17.1 Å². The minimum atomic E-state index is -0.858. The first kappa shape index (κ1) is 14.4. The van der Waals surface area contributed by atoms with Gasteiger partial charge in [0.05, 0.1) is 16.4 Å². The van der Waals surface area contributed by atoms with E-state index in [1.807, 2.05) is 0 Å². The van der Waals surface area contributed by atoms with Gasteiger partial charge in [-0.1, -0.05) is 15.9 Å². The summed E-state index contributed by atoms with van der Waals surface area (Å²) in [7, 11) is 1.26. The molecule has 0 aliphatic carbocycles. The van der Waals surface area contributed by atoms with Crippen LogP contribution in [0.2, 0.25) is 0 Å². The molecule has 6 nitrogen and oxygen atoms in total. The zero-order valence-corrected chi connectivity index (χ0v) is 11.6. The Morgan fingerprint density at radius 2 is 2.06 bits per heavy atom. The van der Waals surface area contributed by atoms with E-state index in [0.717, 1.165) is 6.07 Å². The zero-order valence-electron chi connectivity index (χ0n) is 10.1. The predicted octanol–water partition coefficient (Wildman–Crippen LogP) is 2.67. The number of alkyl halides is 1. The summed E-state index contributed by atoms with van der Waals surface area (Å²) in [6, 6.07) is 2.30. The number of phenols is 1. The highest BCUT2D eigenvalue weighted by Gasteiger charge is 2.29. The van der Waals surface area contributed by atoms with Gasteiger partial charge in [0.15, 0.2) is 11.5 Å². The topological polar surface area (TPSA) is 89.7 Å². The van der Waals surface area contributed by atoms with Crippen LogP contribution in [-0.4, -0.2) is 27.2 Å². The van der Waals surface area contributed by atoms with Crippen molar-refractivity contribution in [2.45, 2.75) is 18.2 Å². The molecular weight excluding hydrogens is 306 g/mol. The van der Waals surface area contributed by atoms with Gasteiger partial charge in [-0.15, -0.1) is 0 Å². The summed E-state index contributed by atoms with van der Waals surface area (Å²) in [6.07, 6.45) is 0. The van der Waals surface area contributed by atoms with Crippen molar-refractivity contribution >= 4 is 27.4 Å². The van der Waals surface area contributed by atoms with Crippen LogP contribution in [0.1, 0.15) is 24.2 Å². The average Bonchev–Trinajstić information content (AvgIpc) is 2.26. The lowest BCUT2D eigenvalue weighted by Crippen LogP contribution is -2.24. The molecule has 1 N–H and O–H groups in total. The molecular formula is C11H12BrNO5. The van der Waals surface area contributed by atoms with E-state index in [1.54, 1.807) is 13.8 Å². The molecule has 0 aromatic heterocycles. The number of hydrogen-bond acceptors (Lipinski definition) is 5. The van der Waals surface area contributed by atoms with Crippen LogP contribution in [0.5, 0.6) is 11.5 Å². The minimum absolute atomic E-state index is 0.0956. The van der Waals surface area contributed by atoms with Gasteiger partial charge in [-0.25, -0.2) is 0 Å². The normalized spacial score (nSPS) is 11.1. The Bertz CT molecular complexity index is 507. The number of carbonyl (C=O) groups excluding carboxylic acids is 1. The lowest BCUT2D eigenvalue weighted by molar-refractivity contribution is -0.386. The fourth-order valence-electron chi connectivity index (χ4n) is 1.36. The van der Waals surface area contributed by atoms with Gasteiger partial charge < -0.3 is 9.84 Å². The predicted molar refractivity (Wildman–Crippen MR) is 68.6 cm³/mol. The number of benzene rings is 1. The number of methoxy groups -OCH3 is 1. The molecule has 98 valence electrons. The summed E-state index contributed by atoms with van der Waals surface area (Å²) in [5.74, 6) is -1.04. The van der Waals surface area contributed by atoms with Crippen molar-refractivity contribution in [3.05, 3.63) is 27.8 Å². The highest BCUT2D eigenvalue weighted by atomic mass is 79.9. The third-order valence-electron chi connectivity index (χ3n) is 2.27. The Balaban J connectivity index is 3.44. The van der Waals surface area contributed by atoms with E-state index in [2.05, 4.69) is 15.9 Å². The van der Waals surface area contributed by atoms with Crippen molar-refractivity contribution in [2.24, 2.45) is 0 Å². The van der Waals surface area contributed by atoms with Crippen LogP contribution in [0.4, 0.5) is 5.69 Å². The zero-order chi connectivity index (χ0) is 14.1. The van der Waals surface area contributed by atoms with Gasteiger partial charge in [0, 0.05) is 11.6 Å². The molecule has 0 atom stereocenters. The molecule has 1 aromatic carbocycles. The number of ether oxygens (including phenoxy) is 1. The Hall–Kier alpha value is -1.63. The minimum Gasteiger partial charge on any atom is -0.500 e. The second kappa shape index (κ2) is 4.93. The Morgan fingerprint density at radius 3 is 2.44 bits per heavy atom. The highest BCUT2D eigenvalue weighted by Crippen LogP contribution is 2.38. The summed E-state index contributed by atoms with van der Waals surface area (Å²) in [6.45, 7) is 3.25. The summed E-state index contributed by atoms with van der Waals surface area (Å²) >= 11 is 3.18. The van der Waals surface area contributed by atoms with Gasteiger partial charge in [-0.05, 0) is 19.9 Å². The number of carbonyl (C=O) groups is 1. The SMILES string of the molecule is COc1cc(C(=O)C(C)(C)Br)cc([N+](=O)[O-])c1O. The van der Waals surface area contributed by atoms with Crippen LogP contribution >= 0.6 is 15.9 Å². The van der Waals surface area contributed by atoms with E-state index >= 15 is 0 Å². The van der Waals surface area contributed by atoms with Crippen LogP contribution in [-0.2, 0) is 0 Å². The first-order valence-corrected chi connectivity index (χ1v) is 5.77. The van der Waals surface area contributed by atoms with Gasteiger partial charge in [0.2, 0.25) is 5.75 Å². The van der Waals surface area contributed by atoms with Crippen molar-refractivity contribution in [1.82, 2.24) is 0 Å². The van der Waals surface area contributed by atoms with Gasteiger partial charge in [0.25, 0.3) is 0 Å². The number of nitro groups is 1. The van der Waals surface area contributed by atoms with Gasteiger partial charge >= 0.3 is 5.69 Å². The Morgan fingerprint density at radius 1 is 1.50 bits per heavy atom. The Labute approximate surface area is 112 Å². The number of ketones is 1. The number of rotatable bonds is 4. The molecule has 0 saturated heterocycles. The molecule has 0 spiro atoms. The van der Waals surface area contributed by atoms with Crippen molar-refractivity contribution in [2.75, 3.05) is 7.11 Å². The number of phenolic OH excluding ortho intramolecular Hbond substituents is 1. The molecule has 0 saturated carbocycles. The van der Waals surface area contributed by atoms with Crippen LogP contribution in [0.25, 0.3) is 0 Å². The molecule has 0 bridgehead atoms. The Kier molecular flexibility index (Phi) is 3.95. The van der Waals surface area contributed by atoms with Crippen LogP contribution in [0.3, 0.4) is 0 Å². The third-order valence-corrected chi connectivity index (χ3v) is 2.63. The van der Waals surface area contributed by atoms with Crippen LogP contribution in [0, 0.1) is 10.1 Å². The molecule has 1 rings (SSSR count). The lowest BCUT2D eigenvalue weighted by atomic mass is 10.00. The van der Waals surface area contributed by atoms with Crippen LogP contribution in [0.15, 0.2) is 12.1 Å². The van der Waals surface area contributed by atoms with Gasteiger partial charge in [0.1, 0.15) is 0 Å². The third kappa shape index (κ3) is 2.79. The van der Waals surface area contributed by atoms with E-state index in [1.165, 1.54) is 13.2 Å². The number of nitrogens with zero attached hydrogens (tertiary/aromatic N) is 1. The number of Topliss-reactive ketones (excluding diaryl/α,β-unsaturated/α-hetero) is 1. The van der Waals surface area contributed by atoms with Crippen LogP contribution < -0.4 is 4.74 Å². The maximum atomic E-state index is 12.0. The van der Waals surface area contributed by atoms with E-state index < -0.39 is 20.7 Å². The summed E-state index contributed by atoms with van der Waals surface area (Å²) in [4.78, 5) is 22.0. The molecule has 0 radical (unpaired) electrons. The quantitative estimate of drug-likeness (QED) is 0.399. The van der Waals surface area contributed by atoms with Crippen molar-refractivity contribution in [3.8, 4) is 11.5 Å². The lowest BCUT2D eigenvalue weighted by Gasteiger charge is -2.15. The van der Waals surface area contributed by atoms with E-state index in [4.69, 9.17) is 4.74 Å². The van der Waals surface area contributed by atoms with Crippen molar-refractivity contribution < 1.29 is 19.6 Å². The number of halogens is 1. The first-order chi connectivity index (χ1) is 8.18. The largest absolute Gasteiger partial charge is 0.500 e. The number of hydrogen-bond donors (Lipinski definition) is 1. The molecule has 0 fully saturated rings. The fourth-order valence-corrected chi connectivity index (χ4v) is 1.59. The summed E-state index contributed by atoms with van der Waals surface area (Å²) < 4.78 is 3.96. The number of nitro benzene ring substituents is 1. The maximum Gasteiger partial charge on any atom is 0.315 e. The fraction of sp³-hybridized carbons (Fsp3) is 0.364. The van der Waals surface area contributed by atoms with E-state index in [0.29, 0.717) is 0 Å². The number of aromatic hydroxyl groups is 1. The van der Waals surface area contributed by atoms with Crippen molar-refractivity contribution in [3.63, 3.8) is 0 Å². The second-order valence-electron chi connectivity index (χ2n) is 4.10. The van der Waals surface area contributed by atoms with Gasteiger partial charge in [-0.2, -0.15) is 0 Å². The molecule has 1 aromatic rings. The molecule has 0 aliphatic rings. The smallest absolute Gasteiger partial charge is 0.315 e. The molecule has 0 aliphatic heterocycles. The van der Waals surface area contributed by atoms with E-state index in [9.17, 15) is 20.0 Å². The standard InChI is InChI=1S/C11H12BrNO5/c1-11(2,12)10(15)6-4-7(13(16)17)9(14)8(5-6)18-3/h4-5,14H,1-3H3. The van der Waals surface area contributed by atoms with Gasteiger partial charge in [-0.3, -0.25) is 14.9 Å². The first-order valence-electron chi connectivity index (χ1n) is 4.97. The average molecular weight is 318 g/mol. The second-order valence-corrected chi connectivity index (χ2v) is 6.09. The van der Waals surface area contributed by atoms with Crippen molar-refractivity contribution in [1.29, 1.82) is 0 Å². The molecule has 0 heterocycles. The highest BCUT2D eigenvalue weighted by molar-refractivity contribution is 9.10. The molecule has 0 unspecified atom stereocenters. The molecule has 0 amide bonds. The monoisotopic (exact) mass is 317 g/mol. The maximum absolute atomic E-state index is 12.0. The summed E-state index contributed by atoms with van der Waals surface area (Å²) in [5.41, 5.74) is -0.465.